The summed E-state index contributed by atoms with van der Waals surface area (Å²) in [7, 11) is 0. The first-order valence-corrected chi connectivity index (χ1v) is 8.75. The first-order chi connectivity index (χ1) is 10.1. The molecule has 2 rings (SSSR count). The van der Waals surface area contributed by atoms with Crippen molar-refractivity contribution < 1.29 is 9.53 Å². The van der Waals surface area contributed by atoms with Crippen molar-refractivity contribution in [1.82, 2.24) is 4.90 Å². The van der Waals surface area contributed by atoms with Crippen LogP contribution in [0.15, 0.2) is 21.1 Å². The molecule has 0 saturated heterocycles. The second-order valence-corrected chi connectivity index (χ2v) is 6.84. The van der Waals surface area contributed by atoms with Gasteiger partial charge in [0.15, 0.2) is 6.61 Å². The minimum absolute atomic E-state index is 0.0461. The number of nitrogens with zero attached hydrogens (tertiary/aromatic N) is 1. The van der Waals surface area contributed by atoms with Crippen LogP contribution in [0.1, 0.15) is 25.3 Å². The third-order valence-electron chi connectivity index (χ3n) is 3.48. The Morgan fingerprint density at radius 3 is 2.48 bits per heavy atom. The lowest BCUT2D eigenvalue weighted by Crippen LogP contribution is -2.36. The molecule has 1 fully saturated rings. The van der Waals surface area contributed by atoms with E-state index < -0.39 is 0 Å². The topological polar surface area (TPSA) is 55.6 Å². The molecule has 0 aromatic heterocycles. The monoisotopic (exact) mass is 418 g/mol. The molecule has 2 N–H and O–H groups in total. The smallest absolute Gasteiger partial charge is 0.260 e. The van der Waals surface area contributed by atoms with E-state index in [-0.39, 0.29) is 12.5 Å². The summed E-state index contributed by atoms with van der Waals surface area (Å²) in [6, 6.07) is 4.39. The molecule has 1 saturated carbocycles. The number of likely N-dealkylation sites (N-methyl/N-ethyl adjacent to an activating group) is 1. The van der Waals surface area contributed by atoms with Gasteiger partial charge in [-0.25, -0.2) is 0 Å². The maximum Gasteiger partial charge on any atom is 0.260 e. The van der Waals surface area contributed by atoms with E-state index in [9.17, 15) is 4.79 Å². The molecular formula is C15H20Br2N2O2. The second kappa shape index (κ2) is 7.61. The number of carbonyl (C=O) groups excluding carboxylic acids is 1. The van der Waals surface area contributed by atoms with E-state index in [0.29, 0.717) is 18.3 Å². The number of ether oxygens (including phenoxy) is 1. The Bertz CT molecular complexity index is 495. The van der Waals surface area contributed by atoms with Crippen LogP contribution in [0.5, 0.6) is 5.75 Å². The van der Waals surface area contributed by atoms with Gasteiger partial charge in [0.25, 0.3) is 5.91 Å². The van der Waals surface area contributed by atoms with Gasteiger partial charge in [-0.3, -0.25) is 4.79 Å². The number of hydrogen-bond acceptors (Lipinski definition) is 3. The molecule has 0 atom stereocenters. The molecule has 6 heteroatoms. The largest absolute Gasteiger partial charge is 0.481 e. The van der Waals surface area contributed by atoms with Crippen molar-refractivity contribution in [1.29, 1.82) is 0 Å². The summed E-state index contributed by atoms with van der Waals surface area (Å²) in [6.07, 6.45) is 3.03. The van der Waals surface area contributed by atoms with Gasteiger partial charge in [-0.05, 0) is 82.3 Å². The highest BCUT2D eigenvalue weighted by Crippen LogP contribution is 2.35. The third kappa shape index (κ3) is 4.44. The van der Waals surface area contributed by atoms with Gasteiger partial charge in [-0.2, -0.15) is 0 Å². The lowest BCUT2D eigenvalue weighted by atomic mass is 10.1. The minimum atomic E-state index is 0.0461. The van der Waals surface area contributed by atoms with E-state index in [1.807, 2.05) is 24.0 Å². The average molecular weight is 420 g/mol. The van der Waals surface area contributed by atoms with Crippen LogP contribution in [0.3, 0.4) is 0 Å². The quantitative estimate of drug-likeness (QED) is 0.738. The van der Waals surface area contributed by atoms with Gasteiger partial charge in [0, 0.05) is 12.6 Å². The Kier molecular flexibility index (Phi) is 6.08. The zero-order chi connectivity index (χ0) is 15.4. The van der Waals surface area contributed by atoms with Gasteiger partial charge in [-0.15, -0.1) is 0 Å². The Morgan fingerprint density at radius 1 is 1.38 bits per heavy atom. The number of hydrogen-bond donors (Lipinski definition) is 1. The molecule has 1 aliphatic rings. The van der Waals surface area contributed by atoms with Crippen LogP contribution in [-0.4, -0.2) is 36.5 Å². The molecule has 1 aromatic carbocycles. The summed E-state index contributed by atoms with van der Waals surface area (Å²) in [5, 5.41) is 0. The van der Waals surface area contributed by atoms with E-state index in [1.54, 1.807) is 0 Å². The lowest BCUT2D eigenvalue weighted by Gasteiger charge is -2.21. The predicted molar refractivity (Wildman–Crippen MR) is 90.5 cm³/mol. The van der Waals surface area contributed by atoms with Crippen molar-refractivity contribution in [3.63, 3.8) is 0 Å². The molecule has 0 bridgehead atoms. The Labute approximate surface area is 142 Å². The zero-order valence-corrected chi connectivity index (χ0v) is 15.2. The van der Waals surface area contributed by atoms with Crippen molar-refractivity contribution in [2.75, 3.05) is 19.7 Å². The standard InChI is InChI=1S/C15H20Br2N2O2/c1-2-19(11-3-4-11)14(20)9-21-15-12(16)7-10(5-6-18)8-13(15)17/h7-8,11H,2-6,9,18H2,1H3. The van der Waals surface area contributed by atoms with Gasteiger partial charge in [0.1, 0.15) is 5.75 Å². The summed E-state index contributed by atoms with van der Waals surface area (Å²) in [4.78, 5) is 14.1. The van der Waals surface area contributed by atoms with Gasteiger partial charge in [0.2, 0.25) is 0 Å². The van der Waals surface area contributed by atoms with Gasteiger partial charge < -0.3 is 15.4 Å². The Morgan fingerprint density at radius 2 is 2.00 bits per heavy atom. The number of carbonyl (C=O) groups is 1. The highest BCUT2D eigenvalue weighted by Gasteiger charge is 2.31. The number of amides is 1. The van der Waals surface area contributed by atoms with Crippen molar-refractivity contribution in [3.05, 3.63) is 26.6 Å². The number of rotatable bonds is 7. The average Bonchev–Trinajstić information content (AvgIpc) is 3.23. The highest BCUT2D eigenvalue weighted by molar-refractivity contribution is 9.11. The molecule has 21 heavy (non-hydrogen) atoms. The van der Waals surface area contributed by atoms with Crippen LogP contribution < -0.4 is 10.5 Å². The molecular weight excluding hydrogens is 400 g/mol. The van der Waals surface area contributed by atoms with Crippen LogP contribution in [0, 0.1) is 0 Å². The maximum atomic E-state index is 12.2. The molecule has 1 aromatic rings. The van der Waals surface area contributed by atoms with Crippen LogP contribution in [0.4, 0.5) is 0 Å². The van der Waals surface area contributed by atoms with Gasteiger partial charge in [-0.1, -0.05) is 0 Å². The van der Waals surface area contributed by atoms with Crippen molar-refractivity contribution in [3.8, 4) is 5.75 Å². The van der Waals surface area contributed by atoms with Crippen molar-refractivity contribution >= 4 is 37.8 Å². The second-order valence-electron chi connectivity index (χ2n) is 5.13. The van der Waals surface area contributed by atoms with Crippen LogP contribution >= 0.6 is 31.9 Å². The first kappa shape index (κ1) is 16.8. The fraction of sp³-hybridized carbons (Fsp3) is 0.533. The molecule has 116 valence electrons. The molecule has 0 spiro atoms. The summed E-state index contributed by atoms with van der Waals surface area (Å²) < 4.78 is 7.38. The van der Waals surface area contributed by atoms with Crippen LogP contribution in [0.25, 0.3) is 0 Å². The van der Waals surface area contributed by atoms with E-state index in [4.69, 9.17) is 10.5 Å². The number of halogens is 2. The summed E-state index contributed by atoms with van der Waals surface area (Å²) in [6.45, 7) is 3.41. The normalized spacial score (nSPS) is 14.1. The van der Waals surface area contributed by atoms with Crippen LogP contribution in [-0.2, 0) is 11.2 Å². The number of benzene rings is 1. The first-order valence-electron chi connectivity index (χ1n) is 7.17. The fourth-order valence-corrected chi connectivity index (χ4v) is 3.81. The lowest BCUT2D eigenvalue weighted by molar-refractivity contribution is -0.133. The predicted octanol–water partition coefficient (Wildman–Crippen LogP) is 3.10. The molecule has 1 amide bonds. The maximum absolute atomic E-state index is 12.2. The molecule has 0 aliphatic heterocycles. The van der Waals surface area contributed by atoms with Gasteiger partial charge >= 0.3 is 0 Å². The number of nitrogens with two attached hydrogens (primary N) is 1. The molecule has 1 aliphatic carbocycles. The fourth-order valence-electron chi connectivity index (χ4n) is 2.30. The highest BCUT2D eigenvalue weighted by atomic mass is 79.9. The SMILES string of the molecule is CCN(C(=O)COc1c(Br)cc(CCN)cc1Br)C1CC1. The zero-order valence-electron chi connectivity index (χ0n) is 12.1. The summed E-state index contributed by atoms with van der Waals surface area (Å²) in [5.74, 6) is 0.709. The molecule has 0 radical (unpaired) electrons. The molecule has 4 nitrogen and oxygen atoms in total. The van der Waals surface area contributed by atoms with Gasteiger partial charge in [0.05, 0.1) is 8.95 Å². The molecule has 0 heterocycles. The van der Waals surface area contributed by atoms with E-state index in [2.05, 4.69) is 31.9 Å². The summed E-state index contributed by atoms with van der Waals surface area (Å²) in [5.41, 5.74) is 6.70. The van der Waals surface area contributed by atoms with Crippen molar-refractivity contribution in [2.45, 2.75) is 32.2 Å². The van der Waals surface area contributed by atoms with E-state index >= 15 is 0 Å². The Balaban J connectivity index is 2.00. The minimum Gasteiger partial charge on any atom is -0.481 e. The van der Waals surface area contributed by atoms with Crippen LogP contribution in [0.2, 0.25) is 0 Å². The van der Waals surface area contributed by atoms with E-state index in [1.165, 1.54) is 0 Å². The summed E-state index contributed by atoms with van der Waals surface area (Å²) >= 11 is 6.99. The Hall–Kier alpha value is -0.590. The third-order valence-corrected chi connectivity index (χ3v) is 4.66. The van der Waals surface area contributed by atoms with E-state index in [0.717, 1.165) is 40.3 Å². The van der Waals surface area contributed by atoms with Crippen molar-refractivity contribution in [2.24, 2.45) is 5.73 Å². The molecule has 0 unspecified atom stereocenters.